The van der Waals surface area contributed by atoms with E-state index in [1.54, 1.807) is 0 Å². The van der Waals surface area contributed by atoms with E-state index in [1.807, 2.05) is 0 Å². The van der Waals surface area contributed by atoms with E-state index in [4.69, 9.17) is 28.4 Å². The second-order valence-corrected chi connectivity index (χ2v) is 20.1. The van der Waals surface area contributed by atoms with Crippen molar-refractivity contribution in [2.24, 2.45) is 0 Å². The van der Waals surface area contributed by atoms with E-state index in [-0.39, 0.29) is 25.6 Å². The van der Waals surface area contributed by atoms with E-state index in [1.165, 1.54) is 77.0 Å². The molecule has 0 aromatic carbocycles. The maximum Gasteiger partial charge on any atom is 0.306 e. The van der Waals surface area contributed by atoms with Crippen molar-refractivity contribution in [2.75, 3.05) is 33.0 Å². The Morgan fingerprint density at radius 2 is 0.878 bits per heavy atom. The molecule has 0 radical (unpaired) electrons. The van der Waals surface area contributed by atoms with Gasteiger partial charge in [0.2, 0.25) is 0 Å². The van der Waals surface area contributed by atoms with Crippen molar-refractivity contribution in [3.8, 4) is 0 Å². The van der Waals surface area contributed by atoms with Crippen LogP contribution in [0.2, 0.25) is 0 Å². The Labute approximate surface area is 447 Å². The van der Waals surface area contributed by atoms with Crippen LogP contribution in [0.3, 0.4) is 0 Å². The second kappa shape index (κ2) is 46.5. The average Bonchev–Trinajstić information content (AvgIpc) is 3.40. The molecule has 428 valence electrons. The van der Waals surface area contributed by atoms with Crippen molar-refractivity contribution in [1.82, 2.24) is 0 Å². The molecule has 14 heteroatoms. The highest BCUT2D eigenvalue weighted by Gasteiger charge is 2.47. The molecule has 0 saturated carbocycles. The molecule has 0 bridgehead atoms. The summed E-state index contributed by atoms with van der Waals surface area (Å²) in [7, 11) is 0. The summed E-state index contributed by atoms with van der Waals surface area (Å²) in [5, 5.41) is 72.3. The molecule has 11 atom stereocenters. The number of ether oxygens (including phenoxy) is 6. The van der Waals surface area contributed by atoms with Crippen molar-refractivity contribution in [2.45, 2.75) is 268 Å². The molecular formula is C60H104O14. The lowest BCUT2D eigenvalue weighted by molar-refractivity contribution is -0.332. The Morgan fingerprint density at radius 1 is 0.459 bits per heavy atom. The van der Waals surface area contributed by atoms with E-state index in [0.717, 1.165) is 96.3 Å². The lowest BCUT2D eigenvalue weighted by atomic mass is 9.98. The highest BCUT2D eigenvalue weighted by molar-refractivity contribution is 5.69. The first-order valence-electron chi connectivity index (χ1n) is 29.0. The molecule has 2 saturated heterocycles. The molecule has 0 aromatic rings. The van der Waals surface area contributed by atoms with E-state index in [2.05, 4.69) is 86.8 Å². The van der Waals surface area contributed by atoms with Gasteiger partial charge in [0.05, 0.1) is 26.4 Å². The quantitative estimate of drug-likeness (QED) is 0.0172. The number of carbonyl (C=O) groups excluding carboxylic acids is 1. The third kappa shape index (κ3) is 32.9. The summed E-state index contributed by atoms with van der Waals surface area (Å²) in [5.41, 5.74) is 0. The van der Waals surface area contributed by atoms with Gasteiger partial charge in [-0.05, 0) is 64.2 Å². The monoisotopic (exact) mass is 1050 g/mol. The van der Waals surface area contributed by atoms with Gasteiger partial charge in [-0.2, -0.15) is 0 Å². The van der Waals surface area contributed by atoms with Crippen LogP contribution >= 0.6 is 0 Å². The minimum absolute atomic E-state index is 0.0467. The lowest BCUT2D eigenvalue weighted by Gasteiger charge is -2.42. The summed E-state index contributed by atoms with van der Waals surface area (Å²) < 4.78 is 34.4. The maximum atomic E-state index is 13.1. The SMILES string of the molecule is CC/C=C\C/C=C\C/C=C\C/C=C\C/C=C\C/C=C\CCCCCCCOCC(COC1OC(COC2OC(CO)C(O)C(O)C2O)C(O)C(O)C1O)OC(=O)CCCCCCCCCCCCCCCCCC. The number of carbonyl (C=O) groups is 1. The smallest absolute Gasteiger partial charge is 0.306 e. The topological polar surface area (TPSA) is 214 Å². The van der Waals surface area contributed by atoms with Gasteiger partial charge < -0.3 is 64.2 Å². The third-order valence-electron chi connectivity index (χ3n) is 13.5. The van der Waals surface area contributed by atoms with Gasteiger partial charge >= 0.3 is 5.97 Å². The minimum atomic E-state index is -1.71. The number of hydrogen-bond acceptors (Lipinski definition) is 14. The number of hydrogen-bond donors (Lipinski definition) is 7. The second-order valence-electron chi connectivity index (χ2n) is 20.1. The molecule has 2 aliphatic rings. The van der Waals surface area contributed by atoms with Crippen LogP contribution in [0.4, 0.5) is 0 Å². The first-order valence-corrected chi connectivity index (χ1v) is 29.0. The summed E-state index contributed by atoms with van der Waals surface area (Å²) in [5.74, 6) is -0.383. The number of esters is 1. The van der Waals surface area contributed by atoms with Gasteiger partial charge in [0, 0.05) is 13.0 Å². The molecule has 14 nitrogen and oxygen atoms in total. The molecule has 11 unspecified atom stereocenters. The van der Waals surface area contributed by atoms with Gasteiger partial charge in [0.15, 0.2) is 12.6 Å². The molecule has 2 fully saturated rings. The number of aliphatic hydroxyl groups excluding tert-OH is 7. The van der Waals surface area contributed by atoms with Crippen LogP contribution in [-0.4, -0.2) is 142 Å². The molecule has 7 N–H and O–H groups in total. The Kier molecular flexibility index (Phi) is 42.5. The average molecular weight is 1050 g/mol. The van der Waals surface area contributed by atoms with Crippen LogP contribution in [0.15, 0.2) is 72.9 Å². The van der Waals surface area contributed by atoms with Crippen LogP contribution < -0.4 is 0 Å². The van der Waals surface area contributed by atoms with E-state index in [9.17, 15) is 40.5 Å². The molecular weight excluding hydrogens is 945 g/mol. The van der Waals surface area contributed by atoms with Gasteiger partial charge in [-0.15, -0.1) is 0 Å². The first kappa shape index (κ1) is 67.5. The number of unbranched alkanes of at least 4 members (excludes halogenated alkanes) is 20. The predicted molar refractivity (Wildman–Crippen MR) is 293 cm³/mol. The van der Waals surface area contributed by atoms with E-state index >= 15 is 0 Å². The summed E-state index contributed by atoms with van der Waals surface area (Å²) in [6.45, 7) is 3.54. The highest BCUT2D eigenvalue weighted by atomic mass is 16.7. The fourth-order valence-corrected chi connectivity index (χ4v) is 8.82. The van der Waals surface area contributed by atoms with Crippen molar-refractivity contribution in [3.63, 3.8) is 0 Å². The van der Waals surface area contributed by atoms with Gasteiger partial charge in [0.25, 0.3) is 0 Å². The van der Waals surface area contributed by atoms with Crippen molar-refractivity contribution >= 4 is 5.97 Å². The Morgan fingerprint density at radius 3 is 1.38 bits per heavy atom. The van der Waals surface area contributed by atoms with Gasteiger partial charge in [-0.25, -0.2) is 0 Å². The number of aliphatic hydroxyl groups is 7. The molecule has 0 aromatic heterocycles. The highest BCUT2D eigenvalue weighted by Crippen LogP contribution is 2.26. The summed E-state index contributed by atoms with van der Waals surface area (Å²) in [4.78, 5) is 13.1. The summed E-state index contributed by atoms with van der Waals surface area (Å²) in [6, 6.07) is 0. The zero-order valence-electron chi connectivity index (χ0n) is 45.8. The fourth-order valence-electron chi connectivity index (χ4n) is 8.82. The van der Waals surface area contributed by atoms with Gasteiger partial charge in [0.1, 0.15) is 54.9 Å². The predicted octanol–water partition coefficient (Wildman–Crippen LogP) is 10.2. The molecule has 0 aliphatic carbocycles. The normalized spacial score (nSPS) is 25.3. The van der Waals surface area contributed by atoms with Crippen molar-refractivity contribution in [3.05, 3.63) is 72.9 Å². The fraction of sp³-hybridized carbons (Fsp3) is 0.783. The zero-order valence-corrected chi connectivity index (χ0v) is 45.8. The van der Waals surface area contributed by atoms with Crippen LogP contribution in [0.1, 0.15) is 200 Å². The standard InChI is InChI=1S/C60H104O14/c1-3-5-7-9-11-13-15-17-19-21-22-23-24-25-26-27-28-30-32-34-36-38-40-42-44-69-46-49(72-52(62)43-41-39-37-35-33-31-29-20-18-16-14-12-10-8-6-4-2)47-70-59-58(68)56(66)54(64)51(74-59)48-71-60-57(67)55(65)53(63)50(45-61)73-60/h5,7,11,13,17,19,22-23,25-26,28,30,49-51,53-61,63-68H,3-4,6,8-10,12,14-16,18,20-21,24,27,29,31-48H2,1-2H3/b7-5-,13-11-,19-17-,23-22-,26-25-,30-28-. The summed E-state index contributed by atoms with van der Waals surface area (Å²) >= 11 is 0. The Hall–Kier alpha value is -2.57. The third-order valence-corrected chi connectivity index (χ3v) is 13.5. The molecule has 0 amide bonds. The first-order chi connectivity index (χ1) is 36.1. The Balaban J connectivity index is 1.73. The minimum Gasteiger partial charge on any atom is -0.457 e. The van der Waals surface area contributed by atoms with E-state index in [0.29, 0.717) is 13.0 Å². The van der Waals surface area contributed by atoms with Crippen molar-refractivity contribution < 1.29 is 69.0 Å². The van der Waals surface area contributed by atoms with Crippen molar-refractivity contribution in [1.29, 1.82) is 0 Å². The van der Waals surface area contributed by atoms with E-state index < -0.39 is 80.7 Å². The summed E-state index contributed by atoms with van der Waals surface area (Å²) in [6.07, 6.45) is 42.4. The van der Waals surface area contributed by atoms with Gasteiger partial charge in [-0.1, -0.05) is 202 Å². The maximum absolute atomic E-state index is 13.1. The van der Waals surface area contributed by atoms with Gasteiger partial charge in [-0.3, -0.25) is 4.79 Å². The molecule has 0 spiro atoms. The molecule has 74 heavy (non-hydrogen) atoms. The number of allylic oxidation sites excluding steroid dienone is 12. The van der Waals surface area contributed by atoms with Crippen LogP contribution in [0.5, 0.6) is 0 Å². The Bertz CT molecular complexity index is 1500. The van der Waals surface area contributed by atoms with Crippen LogP contribution in [0, 0.1) is 0 Å². The lowest BCUT2D eigenvalue weighted by Crippen LogP contribution is -2.61. The van der Waals surface area contributed by atoms with Crippen LogP contribution in [-0.2, 0) is 33.2 Å². The number of rotatable bonds is 46. The molecule has 2 aliphatic heterocycles. The largest absolute Gasteiger partial charge is 0.457 e. The van der Waals surface area contributed by atoms with Crippen LogP contribution in [0.25, 0.3) is 0 Å². The molecule has 2 rings (SSSR count). The molecule has 2 heterocycles. The zero-order chi connectivity index (χ0) is 53.7.